The van der Waals surface area contributed by atoms with E-state index < -0.39 is 0 Å². The van der Waals surface area contributed by atoms with Crippen molar-refractivity contribution < 1.29 is 19.4 Å². The van der Waals surface area contributed by atoms with Crippen molar-refractivity contribution >= 4 is 17.6 Å². The number of carbonyl (C=O) groups excluding carboxylic acids is 1. The largest absolute Gasteiger partial charge is 0.391 e. The molecular weight excluding hydrogens is 374 g/mol. The van der Waals surface area contributed by atoms with E-state index in [0.29, 0.717) is 6.61 Å². The van der Waals surface area contributed by atoms with Crippen LogP contribution in [-0.4, -0.2) is 60.8 Å². The zero-order valence-corrected chi connectivity index (χ0v) is 17.1. The van der Waals surface area contributed by atoms with Crippen LogP contribution >= 0.6 is 11.3 Å². The molecule has 2 aliphatic rings. The molecule has 1 aromatic carbocycles. The molecule has 1 N–H and O–H groups in total. The fraction of sp³-hybridized carbons (Fsp3) is 0.500. The number of hydrogen-bond acceptors (Lipinski definition) is 6. The summed E-state index contributed by atoms with van der Waals surface area (Å²) in [5.74, 6) is 0. The number of nitrogens with zero attached hydrogens (tertiary/aromatic N) is 1. The van der Waals surface area contributed by atoms with Crippen LogP contribution in [0.4, 0.5) is 0 Å². The second kappa shape index (κ2) is 10.8. The number of rotatable bonds is 5. The quantitative estimate of drug-likeness (QED) is 0.776. The van der Waals surface area contributed by atoms with E-state index in [-0.39, 0.29) is 18.2 Å². The van der Waals surface area contributed by atoms with E-state index in [0.717, 1.165) is 45.4 Å². The van der Waals surface area contributed by atoms with Gasteiger partial charge in [0, 0.05) is 35.3 Å². The Kier molecular flexibility index (Phi) is 8.18. The summed E-state index contributed by atoms with van der Waals surface area (Å²) in [6.45, 7) is 5.45. The van der Waals surface area contributed by atoms with E-state index in [1.54, 1.807) is 11.3 Å². The summed E-state index contributed by atoms with van der Waals surface area (Å²) >= 11 is 1.78. The lowest BCUT2D eigenvalue weighted by molar-refractivity contribution is -0.106. The van der Waals surface area contributed by atoms with Crippen molar-refractivity contribution in [3.8, 4) is 10.4 Å². The first-order valence-electron chi connectivity index (χ1n) is 9.86. The third-order valence-electron chi connectivity index (χ3n) is 5.15. The number of aliphatic hydroxyl groups is 1. The summed E-state index contributed by atoms with van der Waals surface area (Å²) in [6, 6.07) is 15.0. The van der Waals surface area contributed by atoms with Gasteiger partial charge in [-0.15, -0.1) is 11.3 Å². The Hall–Kier alpha value is -1.57. The molecule has 1 saturated carbocycles. The Morgan fingerprint density at radius 3 is 2.61 bits per heavy atom. The SMILES string of the molecule is CC=O.OC1CC(OCc2ccc(-c3ccccc3)s2)C[C@H]1N1CCOCC1. The van der Waals surface area contributed by atoms with Crippen LogP contribution < -0.4 is 0 Å². The zero-order valence-electron chi connectivity index (χ0n) is 16.3. The van der Waals surface area contributed by atoms with Gasteiger partial charge in [0.15, 0.2) is 0 Å². The van der Waals surface area contributed by atoms with Gasteiger partial charge in [-0.25, -0.2) is 0 Å². The summed E-state index contributed by atoms with van der Waals surface area (Å²) in [5, 5.41) is 10.4. The van der Waals surface area contributed by atoms with Gasteiger partial charge in [0.25, 0.3) is 0 Å². The first kappa shape index (κ1) is 21.1. The second-order valence-electron chi connectivity index (χ2n) is 7.06. The Balaban J connectivity index is 0.000000706. The number of benzene rings is 1. The number of thiophene rings is 1. The average molecular weight is 404 g/mol. The fourth-order valence-electron chi connectivity index (χ4n) is 3.80. The van der Waals surface area contributed by atoms with Gasteiger partial charge in [0.05, 0.1) is 32.0 Å². The first-order chi connectivity index (χ1) is 13.7. The molecule has 0 bridgehead atoms. The second-order valence-corrected chi connectivity index (χ2v) is 8.22. The molecule has 1 aliphatic carbocycles. The lowest BCUT2D eigenvalue weighted by atomic mass is 10.1. The minimum atomic E-state index is -0.286. The molecule has 3 atom stereocenters. The molecule has 6 heteroatoms. The number of aldehydes is 1. The third kappa shape index (κ3) is 5.72. The molecule has 1 saturated heterocycles. The lowest BCUT2D eigenvalue weighted by Crippen LogP contribution is -2.46. The predicted octanol–water partition coefficient (Wildman–Crippen LogP) is 3.36. The van der Waals surface area contributed by atoms with Gasteiger partial charge in [-0.2, -0.15) is 0 Å². The van der Waals surface area contributed by atoms with Crippen LogP contribution in [0.15, 0.2) is 42.5 Å². The molecule has 4 rings (SSSR count). The van der Waals surface area contributed by atoms with Gasteiger partial charge in [-0.05, 0) is 31.0 Å². The number of hydrogen-bond donors (Lipinski definition) is 1. The topological polar surface area (TPSA) is 59.0 Å². The van der Waals surface area contributed by atoms with Crippen LogP contribution in [0, 0.1) is 0 Å². The maximum absolute atomic E-state index is 10.4. The van der Waals surface area contributed by atoms with Crippen molar-refractivity contribution in [1.82, 2.24) is 4.90 Å². The van der Waals surface area contributed by atoms with Crippen molar-refractivity contribution in [3.63, 3.8) is 0 Å². The van der Waals surface area contributed by atoms with Crippen molar-refractivity contribution in [1.29, 1.82) is 0 Å². The highest BCUT2D eigenvalue weighted by molar-refractivity contribution is 7.15. The van der Waals surface area contributed by atoms with E-state index in [2.05, 4.69) is 41.3 Å². The highest BCUT2D eigenvalue weighted by atomic mass is 32.1. The van der Waals surface area contributed by atoms with Crippen molar-refractivity contribution in [2.45, 2.75) is 44.6 Å². The van der Waals surface area contributed by atoms with Gasteiger partial charge in [0.1, 0.15) is 6.29 Å². The minimum Gasteiger partial charge on any atom is -0.391 e. The number of ether oxygens (including phenoxy) is 2. The molecule has 1 aliphatic heterocycles. The molecule has 1 aromatic heterocycles. The highest BCUT2D eigenvalue weighted by Crippen LogP contribution is 2.31. The summed E-state index contributed by atoms with van der Waals surface area (Å²) in [4.78, 5) is 13.7. The van der Waals surface area contributed by atoms with E-state index in [1.807, 2.05) is 6.07 Å². The lowest BCUT2D eigenvalue weighted by Gasteiger charge is -2.33. The minimum absolute atomic E-state index is 0.144. The Labute approximate surface area is 170 Å². The van der Waals surface area contributed by atoms with Crippen LogP contribution in [0.1, 0.15) is 24.6 Å². The van der Waals surface area contributed by atoms with Crippen LogP contribution in [0.3, 0.4) is 0 Å². The normalized spacial score (nSPS) is 25.1. The molecule has 2 aromatic rings. The average Bonchev–Trinajstić information content (AvgIpc) is 3.35. The van der Waals surface area contributed by atoms with E-state index in [1.165, 1.54) is 22.2 Å². The van der Waals surface area contributed by atoms with Crippen LogP contribution in [0.2, 0.25) is 0 Å². The fourth-order valence-corrected chi connectivity index (χ4v) is 4.74. The standard InChI is InChI=1S/C20H25NO3S.C2H4O/c22-19-13-16(12-18(19)21-8-10-23-11-9-21)24-14-17-6-7-20(25-17)15-4-2-1-3-5-15;1-2-3/h1-7,16,18-19,22H,8-14H2;2H,1H3/t16?,18-,19?;/m1./s1. The molecular formula is C22H29NO4S. The summed E-state index contributed by atoms with van der Waals surface area (Å²) in [5.41, 5.74) is 1.25. The van der Waals surface area contributed by atoms with Crippen LogP contribution in [-0.2, 0) is 20.9 Å². The molecule has 2 fully saturated rings. The highest BCUT2D eigenvalue weighted by Gasteiger charge is 2.37. The van der Waals surface area contributed by atoms with Gasteiger partial charge in [0.2, 0.25) is 0 Å². The van der Waals surface area contributed by atoms with E-state index >= 15 is 0 Å². The van der Waals surface area contributed by atoms with Gasteiger partial charge in [-0.1, -0.05) is 30.3 Å². The van der Waals surface area contributed by atoms with E-state index in [9.17, 15) is 5.11 Å². The van der Waals surface area contributed by atoms with Crippen LogP contribution in [0.25, 0.3) is 10.4 Å². The molecule has 0 amide bonds. The van der Waals surface area contributed by atoms with Crippen molar-refractivity contribution in [2.75, 3.05) is 26.3 Å². The molecule has 2 unspecified atom stereocenters. The van der Waals surface area contributed by atoms with E-state index in [4.69, 9.17) is 14.3 Å². The van der Waals surface area contributed by atoms with Gasteiger partial charge >= 0.3 is 0 Å². The van der Waals surface area contributed by atoms with Crippen LogP contribution in [0.5, 0.6) is 0 Å². The monoisotopic (exact) mass is 403 g/mol. The maximum Gasteiger partial charge on any atom is 0.116 e. The summed E-state index contributed by atoms with van der Waals surface area (Å²) < 4.78 is 11.5. The van der Waals surface area contributed by atoms with Crippen molar-refractivity contribution in [3.05, 3.63) is 47.3 Å². The number of aliphatic hydroxyl groups excluding tert-OH is 1. The van der Waals surface area contributed by atoms with Crippen molar-refractivity contribution in [2.24, 2.45) is 0 Å². The smallest absolute Gasteiger partial charge is 0.116 e. The third-order valence-corrected chi connectivity index (χ3v) is 6.26. The molecule has 28 heavy (non-hydrogen) atoms. The summed E-state index contributed by atoms with van der Waals surface area (Å²) in [6.07, 6.45) is 2.26. The maximum atomic E-state index is 10.4. The first-order valence-corrected chi connectivity index (χ1v) is 10.7. The molecule has 5 nitrogen and oxygen atoms in total. The van der Waals surface area contributed by atoms with Gasteiger partial charge < -0.3 is 19.4 Å². The number of morpholine rings is 1. The predicted molar refractivity (Wildman–Crippen MR) is 111 cm³/mol. The van der Waals surface area contributed by atoms with Gasteiger partial charge in [-0.3, -0.25) is 4.90 Å². The number of carbonyl (C=O) groups is 1. The summed E-state index contributed by atoms with van der Waals surface area (Å²) in [7, 11) is 0. The Morgan fingerprint density at radius 2 is 1.89 bits per heavy atom. The Bertz CT molecular complexity index is 714. The molecule has 0 spiro atoms. The molecule has 152 valence electrons. The molecule has 2 heterocycles. The Morgan fingerprint density at radius 1 is 1.18 bits per heavy atom. The molecule has 0 radical (unpaired) electrons. The zero-order chi connectivity index (χ0) is 19.8.